The Balaban J connectivity index is 1.39. The molecule has 41 heavy (non-hydrogen) atoms. The molecule has 6 aliphatic rings. The summed E-state index contributed by atoms with van der Waals surface area (Å²) in [5.74, 6) is -1.82. The molecular formula is C33H42N2O6. The van der Waals surface area contributed by atoms with Crippen molar-refractivity contribution in [3.8, 4) is 0 Å². The molecule has 5 fully saturated rings. The van der Waals surface area contributed by atoms with E-state index in [2.05, 4.69) is 24.5 Å². The van der Waals surface area contributed by atoms with E-state index >= 15 is 0 Å². The number of fused-ring (bicyclic) bond motifs is 7. The molecule has 0 radical (unpaired) electrons. The van der Waals surface area contributed by atoms with E-state index in [0.717, 1.165) is 43.2 Å². The summed E-state index contributed by atoms with van der Waals surface area (Å²) in [5, 5.41) is 29.8. The highest BCUT2D eigenvalue weighted by molar-refractivity contribution is 6.01. The van der Waals surface area contributed by atoms with E-state index in [9.17, 15) is 19.8 Å². The van der Waals surface area contributed by atoms with Crippen LogP contribution in [0, 0.1) is 28.6 Å². The molecule has 0 amide bonds. The second-order valence-corrected chi connectivity index (χ2v) is 13.6. The van der Waals surface area contributed by atoms with Gasteiger partial charge in [-0.2, -0.15) is 0 Å². The minimum absolute atomic E-state index is 0.00472. The molecular weight excluding hydrogens is 520 g/mol. The van der Waals surface area contributed by atoms with E-state index < -0.39 is 46.6 Å². The second kappa shape index (κ2) is 9.40. The van der Waals surface area contributed by atoms with Gasteiger partial charge in [0.2, 0.25) is 0 Å². The number of rotatable bonds is 3. The van der Waals surface area contributed by atoms with E-state index in [-0.39, 0.29) is 23.5 Å². The van der Waals surface area contributed by atoms with Crippen molar-refractivity contribution in [3.05, 3.63) is 59.7 Å². The Bertz CT molecular complexity index is 1310. The zero-order valence-electron chi connectivity index (χ0n) is 24.0. The van der Waals surface area contributed by atoms with Gasteiger partial charge in [-0.15, -0.1) is 0 Å². The number of benzene rings is 1. The van der Waals surface area contributed by atoms with Crippen LogP contribution in [0.1, 0.15) is 64.4 Å². The van der Waals surface area contributed by atoms with Crippen LogP contribution in [0.3, 0.4) is 0 Å². The third kappa shape index (κ3) is 3.55. The molecule has 2 saturated heterocycles. The molecule has 1 aromatic carbocycles. The van der Waals surface area contributed by atoms with E-state index in [0.29, 0.717) is 25.9 Å². The van der Waals surface area contributed by atoms with Crippen LogP contribution < -0.4 is 10.6 Å². The van der Waals surface area contributed by atoms with Crippen LogP contribution in [0.2, 0.25) is 0 Å². The number of aliphatic hydroxyl groups is 2. The Morgan fingerprint density at radius 1 is 1.05 bits per heavy atom. The Kier molecular flexibility index (Phi) is 6.33. The standard InChI is InChI=1S/C33H42N2O6/c1-29-14-13-23(37)17-22(29)11-12-24-25-18-31-32(27(39)20-36,30(25,2)19-26(38)28(24)29)41-33(40-31,21-9-5-3-6-10-21)35-16-8-4-7-15-34-31/h3,5-6,9-10,13-14,17,24-26,28,34-36,38H,4,7-8,11-12,15-16,18-20H2,1-2H3/t24-,25-,26-,28+,29-,30-,31+,32-,33-/m0/s1. The summed E-state index contributed by atoms with van der Waals surface area (Å²) >= 11 is 0. The van der Waals surface area contributed by atoms with E-state index in [1.807, 2.05) is 36.4 Å². The first-order chi connectivity index (χ1) is 19.6. The van der Waals surface area contributed by atoms with Gasteiger partial charge in [0, 0.05) is 28.9 Å². The number of aliphatic hydroxyl groups excluding tert-OH is 2. The summed E-state index contributed by atoms with van der Waals surface area (Å²) in [6, 6.07) is 9.70. The Morgan fingerprint density at radius 2 is 1.80 bits per heavy atom. The number of nitrogens with one attached hydrogen (secondary N) is 2. The van der Waals surface area contributed by atoms with Gasteiger partial charge in [0.15, 0.2) is 22.9 Å². The van der Waals surface area contributed by atoms with Crippen molar-refractivity contribution in [3.63, 3.8) is 0 Å². The summed E-state index contributed by atoms with van der Waals surface area (Å²) in [5.41, 5.74) is -2.12. The van der Waals surface area contributed by atoms with Crippen LogP contribution in [-0.2, 0) is 25.0 Å². The molecule has 0 unspecified atom stereocenters. The molecule has 9 atom stereocenters. The molecule has 4 N–H and O–H groups in total. The van der Waals surface area contributed by atoms with Gasteiger partial charge in [0.25, 0.3) is 5.91 Å². The van der Waals surface area contributed by atoms with Crippen molar-refractivity contribution < 1.29 is 29.3 Å². The number of carbonyl (C=O) groups is 2. The van der Waals surface area contributed by atoms with Crippen LogP contribution in [0.25, 0.3) is 0 Å². The molecule has 3 saturated carbocycles. The van der Waals surface area contributed by atoms with Crippen LogP contribution in [0.5, 0.6) is 0 Å². The van der Waals surface area contributed by atoms with E-state index in [1.54, 1.807) is 12.2 Å². The first kappa shape index (κ1) is 27.6. The lowest BCUT2D eigenvalue weighted by Gasteiger charge is -2.60. The number of ketones is 2. The molecule has 8 nitrogen and oxygen atoms in total. The van der Waals surface area contributed by atoms with Crippen molar-refractivity contribution in [2.45, 2.75) is 82.1 Å². The topological polar surface area (TPSA) is 117 Å². The normalized spacial score (nSPS) is 47.0. The van der Waals surface area contributed by atoms with Crippen molar-refractivity contribution in [1.82, 2.24) is 10.6 Å². The average Bonchev–Trinajstić information content (AvgIpc) is 3.36. The van der Waals surface area contributed by atoms with Gasteiger partial charge in [-0.3, -0.25) is 20.2 Å². The number of Topliss-reactive ketones (excluding diaryl/α,β-unsaturated/α-hetero) is 1. The minimum Gasteiger partial charge on any atom is -0.393 e. The molecule has 8 heteroatoms. The Morgan fingerprint density at radius 3 is 2.56 bits per heavy atom. The predicted molar refractivity (Wildman–Crippen MR) is 151 cm³/mol. The van der Waals surface area contributed by atoms with Gasteiger partial charge in [0.1, 0.15) is 6.61 Å². The Labute approximate surface area is 241 Å². The lowest BCUT2D eigenvalue weighted by atomic mass is 9.46. The van der Waals surface area contributed by atoms with Crippen LogP contribution in [0.4, 0.5) is 0 Å². The lowest BCUT2D eigenvalue weighted by Crippen LogP contribution is -2.69. The van der Waals surface area contributed by atoms with Crippen molar-refractivity contribution in [1.29, 1.82) is 0 Å². The van der Waals surface area contributed by atoms with Crippen LogP contribution >= 0.6 is 0 Å². The van der Waals surface area contributed by atoms with Crippen molar-refractivity contribution >= 4 is 11.6 Å². The van der Waals surface area contributed by atoms with E-state index in [4.69, 9.17) is 9.47 Å². The molecule has 2 bridgehead atoms. The van der Waals surface area contributed by atoms with E-state index in [1.165, 1.54) is 0 Å². The fraction of sp³-hybridized carbons (Fsp3) is 0.636. The fourth-order valence-electron chi connectivity index (χ4n) is 10.0. The highest BCUT2D eigenvalue weighted by Gasteiger charge is 2.84. The number of ether oxygens (including phenoxy) is 2. The first-order valence-corrected chi connectivity index (χ1v) is 15.4. The number of allylic oxidation sites excluding steroid dienone is 4. The molecule has 1 spiro atoms. The van der Waals surface area contributed by atoms with Crippen molar-refractivity contribution in [2.24, 2.45) is 28.6 Å². The van der Waals surface area contributed by atoms with Gasteiger partial charge in [-0.05, 0) is 69.1 Å². The van der Waals surface area contributed by atoms with Crippen LogP contribution in [-0.4, -0.2) is 58.9 Å². The first-order valence-electron chi connectivity index (χ1n) is 15.4. The SMILES string of the molecule is C[C@]12C=CC(=O)C=C1CC[C@@H]1[C@@H]2[C@@H](O)C[C@@]2(C)[C@H]1C[C@]13NCCCCCN[C@](c4ccccc4)(O[C@@]21C(=O)CO)O3. The van der Waals surface area contributed by atoms with Gasteiger partial charge in [0.05, 0.1) is 6.10 Å². The largest absolute Gasteiger partial charge is 0.393 e. The van der Waals surface area contributed by atoms with Crippen molar-refractivity contribution in [2.75, 3.05) is 19.7 Å². The monoisotopic (exact) mass is 562 g/mol. The average molecular weight is 563 g/mol. The molecule has 2 aliphatic heterocycles. The molecule has 220 valence electrons. The highest BCUT2D eigenvalue weighted by Crippen LogP contribution is 2.73. The summed E-state index contributed by atoms with van der Waals surface area (Å²) in [6.45, 7) is 4.85. The van der Waals surface area contributed by atoms with Crippen LogP contribution in [0.15, 0.2) is 54.1 Å². The van der Waals surface area contributed by atoms with Gasteiger partial charge in [-0.1, -0.05) is 62.2 Å². The summed E-state index contributed by atoms with van der Waals surface area (Å²) in [6.07, 6.45) is 9.97. The fourth-order valence-corrected chi connectivity index (χ4v) is 10.0. The second-order valence-electron chi connectivity index (χ2n) is 13.6. The zero-order chi connectivity index (χ0) is 28.7. The van der Waals surface area contributed by atoms with Gasteiger partial charge < -0.3 is 19.7 Å². The smallest absolute Gasteiger partial charge is 0.258 e. The number of carbonyl (C=O) groups excluding carboxylic acids is 2. The van der Waals surface area contributed by atoms with Gasteiger partial charge in [-0.25, -0.2) is 0 Å². The molecule has 4 aliphatic carbocycles. The number of hydrogen-bond acceptors (Lipinski definition) is 8. The third-order valence-corrected chi connectivity index (χ3v) is 11.7. The molecule has 2 heterocycles. The molecule has 7 rings (SSSR count). The number of hydrogen-bond donors (Lipinski definition) is 4. The molecule has 1 aromatic rings. The predicted octanol–water partition coefficient (Wildman–Crippen LogP) is 3.09. The molecule has 0 aromatic heterocycles. The lowest BCUT2D eigenvalue weighted by molar-refractivity contribution is -0.262. The zero-order valence-corrected chi connectivity index (χ0v) is 24.0. The summed E-state index contributed by atoms with van der Waals surface area (Å²) in [4.78, 5) is 26.6. The third-order valence-electron chi connectivity index (χ3n) is 11.7. The maximum absolute atomic E-state index is 14.3. The maximum Gasteiger partial charge on any atom is 0.258 e. The summed E-state index contributed by atoms with van der Waals surface area (Å²) < 4.78 is 14.3. The Hall–Kier alpha value is -2.20. The minimum atomic E-state index is -1.53. The summed E-state index contributed by atoms with van der Waals surface area (Å²) in [7, 11) is 0. The maximum atomic E-state index is 14.3. The quantitative estimate of drug-likeness (QED) is 0.444. The highest BCUT2D eigenvalue weighted by atomic mass is 16.8. The van der Waals surface area contributed by atoms with Gasteiger partial charge >= 0.3 is 0 Å².